The molecule has 1 saturated heterocycles. The number of carbonyl (C=O) groups excluding carboxylic acids is 1. The highest BCUT2D eigenvalue weighted by Crippen LogP contribution is 2.36. The Morgan fingerprint density at radius 1 is 1.32 bits per heavy atom. The number of nitrogens with two attached hydrogens (primary N) is 1. The molecule has 1 aliphatic carbocycles. The van der Waals surface area contributed by atoms with Gasteiger partial charge in [0.2, 0.25) is 0 Å². The zero-order valence-corrected chi connectivity index (χ0v) is 21.9. The molecule has 1 aliphatic heterocycles. The van der Waals surface area contributed by atoms with Crippen LogP contribution in [0, 0.1) is 12.8 Å². The molecule has 3 aromatic heterocycles. The number of rotatable bonds is 7. The number of aryl methyl sites for hydroxylation is 2. The number of aromatic nitrogens is 3. The summed E-state index contributed by atoms with van der Waals surface area (Å²) >= 11 is 1.27. The zero-order chi connectivity index (χ0) is 26.3. The molecule has 3 unspecified atom stereocenters. The molecule has 3 aromatic rings. The number of hydrogen-bond acceptors (Lipinski definition) is 9. The SMILES string of the molecule is CNC1CN(c2ccc3c(n2)CCC(NC(=O)c2sc4nc(C)ncc4c2N)C3)CC1C(F)(F)COC. The lowest BCUT2D eigenvalue weighted by Gasteiger charge is -2.27. The molecule has 198 valence electrons. The summed E-state index contributed by atoms with van der Waals surface area (Å²) in [6.07, 6.45) is 3.71. The third kappa shape index (κ3) is 4.97. The fourth-order valence-corrected chi connectivity index (χ4v) is 6.33. The number of ether oxygens (including phenoxy) is 1. The number of methoxy groups -OCH3 is 1. The average Bonchev–Trinajstić information content (AvgIpc) is 3.45. The van der Waals surface area contributed by atoms with Gasteiger partial charge in [-0.25, -0.2) is 23.7 Å². The van der Waals surface area contributed by atoms with Gasteiger partial charge in [0.1, 0.15) is 28.0 Å². The third-order valence-corrected chi connectivity index (χ3v) is 8.41. The molecule has 0 bridgehead atoms. The number of likely N-dealkylation sites (N-methyl/N-ethyl adjacent to an activating group) is 1. The number of halogens is 2. The molecule has 1 fully saturated rings. The standard InChI is InChI=1S/C25H31F2N7O2S/c1-13-30-9-16-21(28)22(37-24(16)31-13)23(35)32-15-5-6-18-14(8-15)4-7-20(33-18)34-10-17(19(11-34)29-2)25(26,27)12-36-3/h4,7,9,15,17,19,29H,5-6,8,10-12,28H2,1-3H3,(H,32,35). The maximum atomic E-state index is 14.6. The van der Waals surface area contributed by atoms with Crippen LogP contribution >= 0.6 is 11.3 Å². The van der Waals surface area contributed by atoms with Crippen molar-refractivity contribution < 1.29 is 18.3 Å². The summed E-state index contributed by atoms with van der Waals surface area (Å²) in [5, 5.41) is 6.83. The Labute approximate surface area is 217 Å². The van der Waals surface area contributed by atoms with Crippen LogP contribution in [0.5, 0.6) is 0 Å². The van der Waals surface area contributed by atoms with E-state index in [0.29, 0.717) is 51.8 Å². The van der Waals surface area contributed by atoms with Gasteiger partial charge in [0.05, 0.1) is 17.0 Å². The maximum Gasteiger partial charge on any atom is 0.276 e. The molecule has 1 amide bonds. The van der Waals surface area contributed by atoms with Crippen molar-refractivity contribution in [2.75, 3.05) is 44.5 Å². The predicted molar refractivity (Wildman–Crippen MR) is 139 cm³/mol. The minimum atomic E-state index is -2.93. The monoisotopic (exact) mass is 531 g/mol. The molecule has 3 atom stereocenters. The van der Waals surface area contributed by atoms with E-state index < -0.39 is 18.4 Å². The number of nitrogens with zero attached hydrogens (tertiary/aromatic N) is 4. The predicted octanol–water partition coefficient (Wildman–Crippen LogP) is 2.57. The topological polar surface area (TPSA) is 118 Å². The van der Waals surface area contributed by atoms with E-state index in [1.807, 2.05) is 17.0 Å². The van der Waals surface area contributed by atoms with Gasteiger partial charge in [-0.2, -0.15) is 0 Å². The van der Waals surface area contributed by atoms with Gasteiger partial charge in [-0.3, -0.25) is 4.79 Å². The smallest absolute Gasteiger partial charge is 0.276 e. The van der Waals surface area contributed by atoms with Crippen molar-refractivity contribution in [1.29, 1.82) is 0 Å². The molecule has 0 spiro atoms. The van der Waals surface area contributed by atoms with Gasteiger partial charge in [-0.15, -0.1) is 11.3 Å². The Bertz CT molecular complexity index is 1320. The fraction of sp³-hybridized carbons (Fsp3) is 0.520. The first-order chi connectivity index (χ1) is 17.7. The summed E-state index contributed by atoms with van der Waals surface area (Å²) in [5.74, 6) is -2.68. The number of amides is 1. The summed E-state index contributed by atoms with van der Waals surface area (Å²) in [5.41, 5.74) is 8.62. The van der Waals surface area contributed by atoms with Crippen molar-refractivity contribution in [1.82, 2.24) is 25.6 Å². The molecule has 2 aliphatic rings. The van der Waals surface area contributed by atoms with E-state index in [1.165, 1.54) is 18.4 Å². The van der Waals surface area contributed by atoms with E-state index in [1.54, 1.807) is 20.2 Å². The summed E-state index contributed by atoms with van der Waals surface area (Å²) in [7, 11) is 3.00. The van der Waals surface area contributed by atoms with Crippen LogP contribution in [0.1, 0.15) is 33.2 Å². The number of thiophene rings is 1. The second kappa shape index (κ2) is 10.1. The van der Waals surface area contributed by atoms with Gasteiger partial charge in [-0.1, -0.05) is 6.07 Å². The number of alkyl halides is 2. The fourth-order valence-electron chi connectivity index (χ4n) is 5.31. The Balaban J connectivity index is 1.26. The molecule has 9 nitrogen and oxygen atoms in total. The summed E-state index contributed by atoms with van der Waals surface area (Å²) in [6.45, 7) is 1.85. The van der Waals surface area contributed by atoms with Crippen LogP contribution < -0.4 is 21.3 Å². The number of pyridine rings is 1. The van der Waals surface area contributed by atoms with Crippen LogP contribution in [0.15, 0.2) is 18.3 Å². The number of nitrogen functional groups attached to an aromatic ring is 1. The largest absolute Gasteiger partial charge is 0.397 e. The minimum Gasteiger partial charge on any atom is -0.397 e. The maximum absolute atomic E-state index is 14.6. The van der Waals surface area contributed by atoms with Crippen molar-refractivity contribution in [2.24, 2.45) is 5.92 Å². The van der Waals surface area contributed by atoms with Gasteiger partial charge < -0.3 is 26.0 Å². The molecular formula is C25H31F2N7O2S. The van der Waals surface area contributed by atoms with Crippen LogP contribution in [0.25, 0.3) is 10.2 Å². The van der Waals surface area contributed by atoms with Crippen LogP contribution in [0.3, 0.4) is 0 Å². The zero-order valence-electron chi connectivity index (χ0n) is 21.1. The first kappa shape index (κ1) is 25.7. The quantitative estimate of drug-likeness (QED) is 0.426. The van der Waals surface area contributed by atoms with Crippen molar-refractivity contribution in [3.63, 3.8) is 0 Å². The molecule has 37 heavy (non-hydrogen) atoms. The molecule has 4 N–H and O–H groups in total. The Hall–Kier alpha value is -2.96. The van der Waals surface area contributed by atoms with Gasteiger partial charge >= 0.3 is 0 Å². The van der Waals surface area contributed by atoms with Gasteiger partial charge in [0.25, 0.3) is 11.8 Å². The van der Waals surface area contributed by atoms with Gasteiger partial charge in [-0.05, 0) is 44.9 Å². The summed E-state index contributed by atoms with van der Waals surface area (Å²) in [6, 6.07) is 3.47. The van der Waals surface area contributed by atoms with Crippen LogP contribution in [0.2, 0.25) is 0 Å². The molecule has 12 heteroatoms. The van der Waals surface area contributed by atoms with Crippen molar-refractivity contribution in [3.05, 3.63) is 40.3 Å². The lowest BCUT2D eigenvalue weighted by Crippen LogP contribution is -2.45. The number of anilines is 2. The van der Waals surface area contributed by atoms with E-state index in [0.717, 1.165) is 17.7 Å². The van der Waals surface area contributed by atoms with Gasteiger partial charge in [0.15, 0.2) is 0 Å². The van der Waals surface area contributed by atoms with E-state index in [-0.39, 0.29) is 24.5 Å². The number of fused-ring (bicyclic) bond motifs is 2. The average molecular weight is 532 g/mol. The summed E-state index contributed by atoms with van der Waals surface area (Å²) < 4.78 is 34.0. The molecule has 4 heterocycles. The lowest BCUT2D eigenvalue weighted by molar-refractivity contribution is -0.107. The van der Waals surface area contributed by atoms with E-state index in [2.05, 4.69) is 20.6 Å². The van der Waals surface area contributed by atoms with Crippen molar-refractivity contribution in [3.8, 4) is 0 Å². The Kier molecular flexibility index (Phi) is 6.99. The molecule has 0 saturated carbocycles. The second-order valence-electron chi connectivity index (χ2n) is 9.77. The normalized spacial score (nSPS) is 21.9. The van der Waals surface area contributed by atoms with E-state index >= 15 is 0 Å². The highest BCUT2D eigenvalue weighted by Gasteiger charge is 2.49. The van der Waals surface area contributed by atoms with E-state index in [4.69, 9.17) is 15.5 Å². The van der Waals surface area contributed by atoms with Crippen LogP contribution in [-0.2, 0) is 17.6 Å². The second-order valence-corrected chi connectivity index (χ2v) is 10.8. The highest BCUT2D eigenvalue weighted by atomic mass is 32.1. The van der Waals surface area contributed by atoms with Crippen LogP contribution in [0.4, 0.5) is 20.3 Å². The van der Waals surface area contributed by atoms with Gasteiger partial charge in [0, 0.05) is 44.2 Å². The third-order valence-electron chi connectivity index (χ3n) is 7.29. The van der Waals surface area contributed by atoms with Crippen molar-refractivity contribution >= 4 is 39.0 Å². The lowest BCUT2D eigenvalue weighted by atomic mass is 9.91. The molecule has 0 radical (unpaired) electrons. The first-order valence-electron chi connectivity index (χ1n) is 12.3. The molecule has 0 aromatic carbocycles. The Morgan fingerprint density at radius 2 is 2.14 bits per heavy atom. The minimum absolute atomic E-state index is 0.0531. The number of nitrogens with one attached hydrogen (secondary N) is 2. The molecule has 5 rings (SSSR count). The van der Waals surface area contributed by atoms with Crippen LogP contribution in [-0.4, -0.2) is 72.7 Å². The number of hydrogen-bond donors (Lipinski definition) is 3. The van der Waals surface area contributed by atoms with E-state index in [9.17, 15) is 13.6 Å². The van der Waals surface area contributed by atoms with Crippen molar-refractivity contribution in [2.45, 2.75) is 44.2 Å². The highest BCUT2D eigenvalue weighted by molar-refractivity contribution is 7.21. The molecular weight excluding hydrogens is 500 g/mol. The number of carbonyl (C=O) groups is 1. The Morgan fingerprint density at radius 3 is 2.89 bits per heavy atom. The summed E-state index contributed by atoms with van der Waals surface area (Å²) in [4.78, 5) is 29.5. The first-order valence-corrected chi connectivity index (χ1v) is 13.1.